The molecular formula is C19H14NO4S-. The lowest BCUT2D eigenvalue weighted by Gasteiger charge is -2.11. The maximum absolute atomic E-state index is 11.5. The number of hydrogen-bond donors (Lipinski definition) is 1. The van der Waals surface area contributed by atoms with E-state index in [1.54, 1.807) is 24.3 Å². The van der Waals surface area contributed by atoms with Crippen LogP contribution in [0.4, 0.5) is 0 Å². The van der Waals surface area contributed by atoms with Gasteiger partial charge in [0.05, 0.1) is 12.8 Å². The Morgan fingerprint density at radius 3 is 2.64 bits per heavy atom. The summed E-state index contributed by atoms with van der Waals surface area (Å²) in [6.07, 6.45) is 3.49. The molecule has 0 radical (unpaired) electrons. The highest BCUT2D eigenvalue weighted by Crippen LogP contribution is 2.30. The Balaban J connectivity index is 1.95. The van der Waals surface area contributed by atoms with Crippen LogP contribution in [-0.2, 0) is 0 Å². The highest BCUT2D eigenvalue weighted by atomic mass is 32.1. The van der Waals surface area contributed by atoms with E-state index in [0.29, 0.717) is 10.7 Å². The normalized spacial score (nSPS) is 10.9. The van der Waals surface area contributed by atoms with Crippen molar-refractivity contribution < 1.29 is 19.7 Å². The Bertz CT molecular complexity index is 932. The van der Waals surface area contributed by atoms with Crippen molar-refractivity contribution in [2.24, 2.45) is 0 Å². The third-order valence-corrected chi connectivity index (χ3v) is 4.50. The number of aromatic nitrogens is 1. The van der Waals surface area contributed by atoms with E-state index >= 15 is 0 Å². The fraction of sp³-hybridized carbons (Fsp3) is 0.0526. The molecular weight excluding hydrogens is 338 g/mol. The van der Waals surface area contributed by atoms with Crippen LogP contribution >= 0.6 is 11.3 Å². The lowest BCUT2D eigenvalue weighted by Crippen LogP contribution is -1.95. The number of ether oxygens (including phenoxy) is 1. The number of carbonyl (C=O) groups is 1. The van der Waals surface area contributed by atoms with E-state index in [9.17, 15) is 15.0 Å². The fourth-order valence-electron chi connectivity index (χ4n) is 2.30. The second kappa shape index (κ2) is 7.19. The maximum Gasteiger partial charge on any atom is 0.348 e. The second-order valence-corrected chi connectivity index (χ2v) is 6.18. The Morgan fingerprint density at radius 2 is 1.96 bits per heavy atom. The van der Waals surface area contributed by atoms with Crippen molar-refractivity contribution in [2.75, 3.05) is 7.11 Å². The van der Waals surface area contributed by atoms with Crippen molar-refractivity contribution in [3.63, 3.8) is 0 Å². The van der Waals surface area contributed by atoms with E-state index in [1.807, 2.05) is 30.3 Å². The number of carboxylic acid groups (broad SMARTS) is 1. The van der Waals surface area contributed by atoms with Gasteiger partial charge in [-0.05, 0) is 17.7 Å². The van der Waals surface area contributed by atoms with Gasteiger partial charge < -0.3 is 14.9 Å². The predicted molar refractivity (Wildman–Crippen MR) is 95.9 cm³/mol. The summed E-state index contributed by atoms with van der Waals surface area (Å²) in [6.45, 7) is 0. The largest absolute Gasteiger partial charge is 0.870 e. The maximum atomic E-state index is 11.5. The van der Waals surface area contributed by atoms with Gasteiger partial charge in [-0.25, -0.2) is 9.78 Å². The average molecular weight is 352 g/mol. The van der Waals surface area contributed by atoms with Gasteiger partial charge in [0.1, 0.15) is 15.6 Å². The number of rotatable bonds is 5. The highest BCUT2D eigenvalue weighted by Gasteiger charge is 2.17. The number of aromatic carboxylic acids is 1. The van der Waals surface area contributed by atoms with Crippen molar-refractivity contribution in [3.8, 4) is 22.8 Å². The number of benzene rings is 2. The first-order valence-electron chi connectivity index (χ1n) is 7.41. The molecule has 1 heterocycles. The first-order valence-corrected chi connectivity index (χ1v) is 8.23. The number of methoxy groups -OCH3 is 1. The van der Waals surface area contributed by atoms with E-state index in [0.717, 1.165) is 22.5 Å². The molecule has 6 heteroatoms. The van der Waals surface area contributed by atoms with Gasteiger partial charge in [-0.15, -0.1) is 11.3 Å². The molecule has 0 amide bonds. The summed E-state index contributed by atoms with van der Waals surface area (Å²) in [4.78, 5) is 16.1. The van der Waals surface area contributed by atoms with Crippen LogP contribution in [0.5, 0.6) is 11.5 Å². The molecule has 0 unspecified atom stereocenters. The minimum Gasteiger partial charge on any atom is -0.870 e. The molecule has 0 fully saturated rings. The molecule has 0 aliphatic rings. The van der Waals surface area contributed by atoms with Gasteiger partial charge in [-0.3, -0.25) is 0 Å². The fourth-order valence-corrected chi connectivity index (χ4v) is 3.13. The molecule has 0 bridgehead atoms. The minimum absolute atomic E-state index is 0.187. The summed E-state index contributed by atoms with van der Waals surface area (Å²) in [7, 11) is 1.44. The molecule has 126 valence electrons. The van der Waals surface area contributed by atoms with Gasteiger partial charge in [-0.2, -0.15) is 0 Å². The standard InChI is InChI=1S/C19H15NO4S/c1-24-15-11-12(7-9-14(15)21)8-10-16-20-17(18(25-16)19(22)23)13-5-3-2-4-6-13/h2-11,21H,1H3,(H,22,23)/p-1/b10-8+. The van der Waals surface area contributed by atoms with Crippen LogP contribution in [0.3, 0.4) is 0 Å². The molecule has 0 aliphatic heterocycles. The summed E-state index contributed by atoms with van der Waals surface area (Å²) in [5, 5.41) is 21.5. The summed E-state index contributed by atoms with van der Waals surface area (Å²) in [6, 6.07) is 13.9. The van der Waals surface area contributed by atoms with Gasteiger partial charge in [0.25, 0.3) is 0 Å². The van der Waals surface area contributed by atoms with Crippen LogP contribution in [-0.4, -0.2) is 23.2 Å². The molecule has 5 nitrogen and oxygen atoms in total. The molecule has 0 atom stereocenters. The number of nitrogens with zero attached hydrogens (tertiary/aromatic N) is 1. The molecule has 0 saturated carbocycles. The summed E-state index contributed by atoms with van der Waals surface area (Å²) >= 11 is 1.10. The van der Waals surface area contributed by atoms with E-state index in [1.165, 1.54) is 13.2 Å². The van der Waals surface area contributed by atoms with E-state index in [4.69, 9.17) is 4.74 Å². The summed E-state index contributed by atoms with van der Waals surface area (Å²) in [5.41, 5.74) is 1.98. The van der Waals surface area contributed by atoms with Crippen molar-refractivity contribution in [1.82, 2.24) is 4.98 Å². The van der Waals surface area contributed by atoms with Crippen molar-refractivity contribution in [1.29, 1.82) is 0 Å². The summed E-state index contributed by atoms with van der Waals surface area (Å²) < 4.78 is 5.01. The smallest absolute Gasteiger partial charge is 0.348 e. The molecule has 1 N–H and O–H groups in total. The molecule has 3 rings (SSSR count). The zero-order valence-electron chi connectivity index (χ0n) is 13.3. The zero-order chi connectivity index (χ0) is 17.8. The number of carboxylic acids is 1. The van der Waals surface area contributed by atoms with E-state index in [2.05, 4.69) is 4.98 Å². The van der Waals surface area contributed by atoms with Gasteiger partial charge in [0.2, 0.25) is 0 Å². The van der Waals surface area contributed by atoms with Gasteiger partial charge in [0.15, 0.2) is 0 Å². The lowest BCUT2D eigenvalue weighted by atomic mass is 10.1. The molecule has 2 aromatic carbocycles. The van der Waals surface area contributed by atoms with E-state index in [-0.39, 0.29) is 16.4 Å². The second-order valence-electron chi connectivity index (χ2n) is 5.14. The van der Waals surface area contributed by atoms with Crippen LogP contribution in [0, 0.1) is 0 Å². The monoisotopic (exact) mass is 352 g/mol. The molecule has 0 spiro atoms. The van der Waals surface area contributed by atoms with Crippen LogP contribution in [0.15, 0.2) is 48.5 Å². The van der Waals surface area contributed by atoms with Crippen molar-refractivity contribution >= 4 is 29.5 Å². The van der Waals surface area contributed by atoms with E-state index < -0.39 is 5.97 Å². The van der Waals surface area contributed by atoms with Crippen LogP contribution < -0.4 is 9.84 Å². The molecule has 0 saturated heterocycles. The Kier molecular flexibility index (Phi) is 4.81. The van der Waals surface area contributed by atoms with Gasteiger partial charge in [0, 0.05) is 5.56 Å². The Labute approximate surface area is 148 Å². The SMILES string of the molecule is COc1cc(/C=C/c2nc(-c3ccccc3)c(C(=O)O)s2)ccc1[O-]. The first-order chi connectivity index (χ1) is 12.1. The zero-order valence-corrected chi connectivity index (χ0v) is 14.1. The minimum atomic E-state index is -1.01. The van der Waals surface area contributed by atoms with Crippen molar-refractivity contribution in [2.45, 2.75) is 0 Å². The Morgan fingerprint density at radius 1 is 1.20 bits per heavy atom. The quantitative estimate of drug-likeness (QED) is 0.756. The Hall–Kier alpha value is -3.12. The molecule has 3 aromatic rings. The first kappa shape index (κ1) is 16.7. The molecule has 1 aromatic heterocycles. The van der Waals surface area contributed by atoms with Crippen LogP contribution in [0.1, 0.15) is 20.2 Å². The lowest BCUT2D eigenvalue weighted by molar-refractivity contribution is -0.270. The third-order valence-electron chi connectivity index (χ3n) is 3.49. The molecule has 0 aliphatic carbocycles. The number of hydrogen-bond acceptors (Lipinski definition) is 5. The topological polar surface area (TPSA) is 82.5 Å². The predicted octanol–water partition coefficient (Wildman–Crippen LogP) is 3.76. The summed E-state index contributed by atoms with van der Waals surface area (Å²) in [5.74, 6) is -0.931. The van der Waals surface area contributed by atoms with Crippen molar-refractivity contribution in [3.05, 3.63) is 64.0 Å². The van der Waals surface area contributed by atoms with Crippen LogP contribution in [0.2, 0.25) is 0 Å². The third kappa shape index (κ3) is 3.70. The van der Waals surface area contributed by atoms with Gasteiger partial charge in [-0.1, -0.05) is 54.3 Å². The highest BCUT2D eigenvalue weighted by molar-refractivity contribution is 7.15. The van der Waals surface area contributed by atoms with Gasteiger partial charge >= 0.3 is 5.97 Å². The molecule has 25 heavy (non-hydrogen) atoms. The number of thiazole rings is 1. The average Bonchev–Trinajstić information content (AvgIpc) is 3.06. The van der Waals surface area contributed by atoms with Crippen LogP contribution in [0.25, 0.3) is 23.4 Å².